The molecule has 1 atom stereocenters. The van der Waals surface area contributed by atoms with Crippen molar-refractivity contribution >= 4 is 23.3 Å². The molecule has 1 aliphatic heterocycles. The molecule has 22 heavy (non-hydrogen) atoms. The van der Waals surface area contributed by atoms with Crippen molar-refractivity contribution in [2.24, 2.45) is 5.92 Å². The Bertz CT molecular complexity index is 545. The van der Waals surface area contributed by atoms with E-state index in [4.69, 9.17) is 11.6 Å². The zero-order valence-corrected chi connectivity index (χ0v) is 13.4. The number of anilines is 1. The molecule has 1 saturated heterocycles. The van der Waals surface area contributed by atoms with E-state index < -0.39 is 5.82 Å². The maximum absolute atomic E-state index is 13.9. The summed E-state index contributed by atoms with van der Waals surface area (Å²) >= 11 is 5.77. The number of hydrogen-bond donors (Lipinski definition) is 1. The number of nitrogens with one attached hydrogen (secondary N) is 1. The molecular formula is C17H22ClFN2O. The van der Waals surface area contributed by atoms with Crippen molar-refractivity contribution in [1.82, 2.24) is 4.90 Å². The van der Waals surface area contributed by atoms with Crippen LogP contribution >= 0.6 is 11.6 Å². The lowest BCUT2D eigenvalue weighted by atomic mass is 9.83. The second kappa shape index (κ2) is 6.86. The molecule has 0 bridgehead atoms. The van der Waals surface area contributed by atoms with Gasteiger partial charge in [0.2, 0.25) is 0 Å². The van der Waals surface area contributed by atoms with Crippen LogP contribution in [0, 0.1) is 11.7 Å². The molecule has 1 aromatic rings. The van der Waals surface area contributed by atoms with E-state index >= 15 is 0 Å². The van der Waals surface area contributed by atoms with Crippen LogP contribution in [0.1, 0.15) is 44.9 Å². The molecule has 1 saturated carbocycles. The van der Waals surface area contributed by atoms with Crippen LogP contribution < -0.4 is 5.32 Å². The van der Waals surface area contributed by atoms with E-state index in [1.165, 1.54) is 38.2 Å². The molecule has 1 N–H and O–H groups in total. The van der Waals surface area contributed by atoms with Gasteiger partial charge in [0.15, 0.2) is 5.82 Å². The standard InChI is InChI=1S/C17H22ClFN2O/c18-13-8-4-9-14(16(13)19)20-17(22)21-11-5-10-15(21)12-6-2-1-3-7-12/h4,8-9,12,15H,1-3,5-7,10-11H2,(H,20,22). The van der Waals surface area contributed by atoms with Crippen LogP contribution in [0.15, 0.2) is 18.2 Å². The Hall–Kier alpha value is -1.29. The molecule has 3 nitrogen and oxygen atoms in total. The highest BCUT2D eigenvalue weighted by atomic mass is 35.5. The van der Waals surface area contributed by atoms with E-state index in [1.807, 2.05) is 4.90 Å². The zero-order valence-electron chi connectivity index (χ0n) is 12.7. The predicted molar refractivity (Wildman–Crippen MR) is 86.7 cm³/mol. The van der Waals surface area contributed by atoms with Crippen molar-refractivity contribution < 1.29 is 9.18 Å². The number of amides is 2. The molecule has 2 fully saturated rings. The third-order valence-electron chi connectivity index (χ3n) is 4.95. The van der Waals surface area contributed by atoms with Crippen molar-refractivity contribution in [3.05, 3.63) is 29.0 Å². The quantitative estimate of drug-likeness (QED) is 0.810. The molecule has 3 rings (SSSR count). The van der Waals surface area contributed by atoms with Gasteiger partial charge < -0.3 is 10.2 Å². The molecule has 1 unspecified atom stereocenters. The molecule has 1 heterocycles. The van der Waals surface area contributed by atoms with Crippen molar-refractivity contribution in [2.75, 3.05) is 11.9 Å². The monoisotopic (exact) mass is 324 g/mol. The maximum Gasteiger partial charge on any atom is 0.322 e. The summed E-state index contributed by atoms with van der Waals surface area (Å²) in [5.41, 5.74) is 0.159. The molecule has 5 heteroatoms. The van der Waals surface area contributed by atoms with Gasteiger partial charge in [-0.05, 0) is 43.7 Å². The third-order valence-corrected chi connectivity index (χ3v) is 5.24. The van der Waals surface area contributed by atoms with Gasteiger partial charge in [-0.1, -0.05) is 36.9 Å². The van der Waals surface area contributed by atoms with Gasteiger partial charge in [0.05, 0.1) is 10.7 Å². The SMILES string of the molecule is O=C(Nc1cccc(Cl)c1F)N1CCCC1C1CCCCC1. The van der Waals surface area contributed by atoms with E-state index in [-0.39, 0.29) is 16.7 Å². The van der Waals surface area contributed by atoms with Gasteiger partial charge in [-0.15, -0.1) is 0 Å². The van der Waals surface area contributed by atoms with Gasteiger partial charge in [0.25, 0.3) is 0 Å². The van der Waals surface area contributed by atoms with E-state index in [0.717, 1.165) is 19.4 Å². The van der Waals surface area contributed by atoms with Crippen LogP contribution in [0.5, 0.6) is 0 Å². The minimum Gasteiger partial charge on any atom is -0.321 e. The lowest BCUT2D eigenvalue weighted by Crippen LogP contribution is -2.43. The summed E-state index contributed by atoms with van der Waals surface area (Å²) in [5, 5.41) is 2.72. The average Bonchev–Trinajstić information content (AvgIpc) is 3.02. The summed E-state index contributed by atoms with van der Waals surface area (Å²) in [5.74, 6) is 0.0390. The summed E-state index contributed by atoms with van der Waals surface area (Å²) in [6.07, 6.45) is 8.35. The first-order chi connectivity index (χ1) is 10.7. The fourth-order valence-corrected chi connectivity index (χ4v) is 4.02. The summed E-state index contributed by atoms with van der Waals surface area (Å²) in [6, 6.07) is 4.78. The number of carbonyl (C=O) groups excluding carboxylic acids is 1. The number of urea groups is 1. The van der Waals surface area contributed by atoms with E-state index in [9.17, 15) is 9.18 Å². The number of carbonyl (C=O) groups is 1. The highest BCUT2D eigenvalue weighted by Gasteiger charge is 2.35. The van der Waals surface area contributed by atoms with Crippen molar-refractivity contribution in [2.45, 2.75) is 51.0 Å². The summed E-state index contributed by atoms with van der Waals surface area (Å²) in [4.78, 5) is 14.4. The summed E-state index contributed by atoms with van der Waals surface area (Å²) < 4.78 is 13.9. The molecule has 0 aromatic heterocycles. The van der Waals surface area contributed by atoms with Gasteiger partial charge >= 0.3 is 6.03 Å². The van der Waals surface area contributed by atoms with Crippen LogP contribution in [0.4, 0.5) is 14.9 Å². The lowest BCUT2D eigenvalue weighted by molar-refractivity contribution is 0.166. The fourth-order valence-electron chi connectivity index (χ4n) is 3.84. The topological polar surface area (TPSA) is 32.3 Å². The van der Waals surface area contributed by atoms with Crippen molar-refractivity contribution in [3.63, 3.8) is 0 Å². The average molecular weight is 325 g/mol. The maximum atomic E-state index is 13.9. The van der Waals surface area contributed by atoms with Gasteiger partial charge in [0, 0.05) is 12.6 Å². The smallest absolute Gasteiger partial charge is 0.321 e. The van der Waals surface area contributed by atoms with Crippen LogP contribution in [-0.4, -0.2) is 23.5 Å². The first-order valence-electron chi connectivity index (χ1n) is 8.18. The van der Waals surface area contributed by atoms with Crippen LogP contribution in [-0.2, 0) is 0 Å². The third kappa shape index (κ3) is 3.22. The minimum atomic E-state index is -0.564. The van der Waals surface area contributed by atoms with Gasteiger partial charge in [-0.3, -0.25) is 0 Å². The van der Waals surface area contributed by atoms with Crippen LogP contribution in [0.25, 0.3) is 0 Å². The van der Waals surface area contributed by atoms with Crippen molar-refractivity contribution in [3.8, 4) is 0 Å². The molecule has 0 spiro atoms. The summed E-state index contributed by atoms with van der Waals surface area (Å²) in [7, 11) is 0. The molecule has 0 radical (unpaired) electrons. The molecule has 120 valence electrons. The summed E-state index contributed by atoms with van der Waals surface area (Å²) in [6.45, 7) is 0.759. The highest BCUT2D eigenvalue weighted by molar-refractivity contribution is 6.31. The Balaban J connectivity index is 1.69. The molecule has 2 amide bonds. The Morgan fingerprint density at radius 1 is 1.18 bits per heavy atom. The normalized spacial score (nSPS) is 22.8. The Morgan fingerprint density at radius 2 is 1.95 bits per heavy atom. The zero-order chi connectivity index (χ0) is 15.5. The van der Waals surface area contributed by atoms with Gasteiger partial charge in [-0.2, -0.15) is 0 Å². The van der Waals surface area contributed by atoms with Crippen LogP contribution in [0.3, 0.4) is 0 Å². The number of nitrogens with zero attached hydrogens (tertiary/aromatic N) is 1. The van der Waals surface area contributed by atoms with Gasteiger partial charge in [-0.25, -0.2) is 9.18 Å². The first kappa shape index (κ1) is 15.6. The molecular weight excluding hydrogens is 303 g/mol. The number of rotatable bonds is 2. The number of hydrogen-bond acceptors (Lipinski definition) is 1. The van der Waals surface area contributed by atoms with Crippen molar-refractivity contribution in [1.29, 1.82) is 0 Å². The first-order valence-corrected chi connectivity index (χ1v) is 8.56. The molecule has 1 aromatic carbocycles. The Labute approximate surface area is 135 Å². The van der Waals surface area contributed by atoms with Crippen LogP contribution in [0.2, 0.25) is 5.02 Å². The van der Waals surface area contributed by atoms with E-state index in [0.29, 0.717) is 12.0 Å². The molecule has 1 aliphatic carbocycles. The van der Waals surface area contributed by atoms with Gasteiger partial charge in [0.1, 0.15) is 0 Å². The molecule has 2 aliphatic rings. The second-order valence-electron chi connectivity index (χ2n) is 6.33. The Morgan fingerprint density at radius 3 is 2.73 bits per heavy atom. The number of benzene rings is 1. The van der Waals surface area contributed by atoms with E-state index in [1.54, 1.807) is 12.1 Å². The fraction of sp³-hybridized carbons (Fsp3) is 0.588. The number of halogens is 2. The second-order valence-corrected chi connectivity index (χ2v) is 6.74. The predicted octanol–water partition coefficient (Wildman–Crippen LogP) is 5.06. The highest BCUT2D eigenvalue weighted by Crippen LogP contribution is 2.34. The Kier molecular flexibility index (Phi) is 4.87. The minimum absolute atomic E-state index is 0.0306. The largest absolute Gasteiger partial charge is 0.322 e. The van der Waals surface area contributed by atoms with E-state index in [2.05, 4.69) is 5.32 Å². The number of likely N-dealkylation sites (tertiary alicyclic amines) is 1. The lowest BCUT2D eigenvalue weighted by Gasteiger charge is -2.34.